The van der Waals surface area contributed by atoms with E-state index in [0.29, 0.717) is 6.54 Å². The zero-order valence-electron chi connectivity index (χ0n) is 13.3. The fourth-order valence-corrected chi connectivity index (χ4v) is 2.73. The van der Waals surface area contributed by atoms with Crippen LogP contribution in [0.2, 0.25) is 0 Å². The van der Waals surface area contributed by atoms with Crippen molar-refractivity contribution in [2.45, 2.75) is 26.8 Å². The molecule has 6 heteroatoms. The Balaban J connectivity index is 1.87. The van der Waals surface area contributed by atoms with Gasteiger partial charge in [-0.2, -0.15) is 5.10 Å². The Morgan fingerprint density at radius 2 is 2.10 bits per heavy atom. The number of hydrogen-bond acceptors (Lipinski definition) is 4. The second-order valence-corrected chi connectivity index (χ2v) is 5.65. The largest absolute Gasteiger partial charge is 0.383 e. The van der Waals surface area contributed by atoms with Crippen molar-refractivity contribution in [1.82, 2.24) is 19.6 Å². The molecule has 2 heterocycles. The maximum absolute atomic E-state index is 12.4. The van der Waals surface area contributed by atoms with E-state index in [4.69, 9.17) is 4.74 Å². The fourth-order valence-electron chi connectivity index (χ4n) is 2.73. The van der Waals surface area contributed by atoms with E-state index in [-0.39, 0.29) is 5.91 Å². The number of methoxy groups -OCH3 is 1. The number of aromatic nitrogens is 2. The van der Waals surface area contributed by atoms with E-state index in [2.05, 4.69) is 10.00 Å². The molecule has 6 nitrogen and oxygen atoms in total. The molecule has 0 saturated carbocycles. The molecule has 1 aliphatic rings. The van der Waals surface area contributed by atoms with E-state index >= 15 is 0 Å². The predicted molar refractivity (Wildman–Crippen MR) is 81.2 cm³/mol. The number of amides is 1. The summed E-state index contributed by atoms with van der Waals surface area (Å²) < 4.78 is 6.92. The molecule has 1 aromatic heterocycles. The van der Waals surface area contributed by atoms with Gasteiger partial charge >= 0.3 is 0 Å². The van der Waals surface area contributed by atoms with Crippen LogP contribution in [-0.2, 0) is 16.1 Å². The van der Waals surface area contributed by atoms with E-state index in [9.17, 15) is 4.79 Å². The first kappa shape index (κ1) is 16.0. The molecule has 0 spiro atoms. The second kappa shape index (κ2) is 7.56. The second-order valence-electron chi connectivity index (χ2n) is 5.65. The van der Waals surface area contributed by atoms with Crippen molar-refractivity contribution in [3.8, 4) is 0 Å². The summed E-state index contributed by atoms with van der Waals surface area (Å²) in [6, 6.07) is 2.00. The van der Waals surface area contributed by atoms with Crippen LogP contribution in [0.1, 0.15) is 17.8 Å². The topological polar surface area (TPSA) is 50.6 Å². The SMILES string of the molecule is COCCN1CCCN(C(=O)Cn2nc(C)cc2C)CC1. The highest BCUT2D eigenvalue weighted by atomic mass is 16.5. The first-order valence-electron chi connectivity index (χ1n) is 7.60. The van der Waals surface area contributed by atoms with Gasteiger partial charge in [-0.1, -0.05) is 0 Å². The maximum Gasteiger partial charge on any atom is 0.244 e. The number of aryl methyl sites for hydroxylation is 2. The summed E-state index contributed by atoms with van der Waals surface area (Å²) in [6.45, 7) is 9.56. The molecule has 2 rings (SSSR count). The van der Waals surface area contributed by atoms with Crippen LogP contribution >= 0.6 is 0 Å². The molecule has 1 aliphatic heterocycles. The van der Waals surface area contributed by atoms with E-state index in [1.165, 1.54) is 0 Å². The Morgan fingerprint density at radius 3 is 2.76 bits per heavy atom. The molecule has 0 radical (unpaired) electrons. The maximum atomic E-state index is 12.4. The van der Waals surface area contributed by atoms with Crippen LogP contribution in [0, 0.1) is 13.8 Å². The molecule has 0 atom stereocenters. The van der Waals surface area contributed by atoms with Gasteiger partial charge in [0.1, 0.15) is 6.54 Å². The highest BCUT2D eigenvalue weighted by molar-refractivity contribution is 5.76. The molecule has 1 saturated heterocycles. The minimum Gasteiger partial charge on any atom is -0.383 e. The first-order valence-corrected chi connectivity index (χ1v) is 7.60. The van der Waals surface area contributed by atoms with Crippen molar-refractivity contribution in [1.29, 1.82) is 0 Å². The zero-order chi connectivity index (χ0) is 15.2. The molecule has 1 fully saturated rings. The first-order chi connectivity index (χ1) is 10.1. The van der Waals surface area contributed by atoms with Gasteiger partial charge < -0.3 is 9.64 Å². The normalized spacial score (nSPS) is 17.0. The molecule has 0 aliphatic carbocycles. The summed E-state index contributed by atoms with van der Waals surface area (Å²) in [4.78, 5) is 16.7. The van der Waals surface area contributed by atoms with Crippen LogP contribution in [0.15, 0.2) is 6.07 Å². The third kappa shape index (κ3) is 4.54. The Morgan fingerprint density at radius 1 is 1.29 bits per heavy atom. The van der Waals surface area contributed by atoms with Crippen LogP contribution in [0.5, 0.6) is 0 Å². The van der Waals surface area contributed by atoms with Crippen LogP contribution in [-0.4, -0.2) is 71.9 Å². The molecule has 118 valence electrons. The average Bonchev–Trinajstić information content (AvgIpc) is 2.67. The molecule has 0 bridgehead atoms. The van der Waals surface area contributed by atoms with Gasteiger partial charge in [-0.3, -0.25) is 14.4 Å². The van der Waals surface area contributed by atoms with Gasteiger partial charge in [0, 0.05) is 39.0 Å². The quantitative estimate of drug-likeness (QED) is 0.801. The zero-order valence-corrected chi connectivity index (χ0v) is 13.3. The Bertz CT molecular complexity index is 472. The van der Waals surface area contributed by atoms with Crippen molar-refractivity contribution < 1.29 is 9.53 Å². The third-order valence-electron chi connectivity index (χ3n) is 3.94. The van der Waals surface area contributed by atoms with Crippen LogP contribution < -0.4 is 0 Å². The van der Waals surface area contributed by atoms with Crippen molar-refractivity contribution in [3.05, 3.63) is 17.5 Å². The standard InChI is InChI=1S/C15H26N4O2/c1-13-11-14(2)19(16-13)12-15(20)18-6-4-5-17(7-8-18)9-10-21-3/h11H,4-10,12H2,1-3H3. The van der Waals surface area contributed by atoms with Crippen molar-refractivity contribution in [2.24, 2.45) is 0 Å². The van der Waals surface area contributed by atoms with Gasteiger partial charge in [0.05, 0.1) is 12.3 Å². The number of nitrogens with zero attached hydrogens (tertiary/aromatic N) is 4. The molecular formula is C15H26N4O2. The molecule has 0 unspecified atom stereocenters. The average molecular weight is 294 g/mol. The van der Waals surface area contributed by atoms with Gasteiger partial charge in [0.25, 0.3) is 0 Å². The lowest BCUT2D eigenvalue weighted by Crippen LogP contribution is -2.38. The summed E-state index contributed by atoms with van der Waals surface area (Å²) >= 11 is 0. The highest BCUT2D eigenvalue weighted by Gasteiger charge is 2.19. The van der Waals surface area contributed by atoms with Gasteiger partial charge in [-0.05, 0) is 32.9 Å². The lowest BCUT2D eigenvalue weighted by Gasteiger charge is -2.22. The van der Waals surface area contributed by atoms with E-state index in [1.807, 2.05) is 24.8 Å². The van der Waals surface area contributed by atoms with Crippen molar-refractivity contribution in [3.63, 3.8) is 0 Å². The van der Waals surface area contributed by atoms with Crippen LogP contribution in [0.4, 0.5) is 0 Å². The summed E-state index contributed by atoms with van der Waals surface area (Å²) in [5.41, 5.74) is 2.00. The summed E-state index contributed by atoms with van der Waals surface area (Å²) in [5, 5.41) is 4.37. The Hall–Kier alpha value is -1.40. The minimum atomic E-state index is 0.162. The molecular weight excluding hydrogens is 268 g/mol. The molecule has 1 aromatic rings. The van der Waals surface area contributed by atoms with E-state index < -0.39 is 0 Å². The van der Waals surface area contributed by atoms with E-state index in [0.717, 1.165) is 57.1 Å². The molecule has 21 heavy (non-hydrogen) atoms. The van der Waals surface area contributed by atoms with Gasteiger partial charge in [0.2, 0.25) is 5.91 Å². The third-order valence-corrected chi connectivity index (χ3v) is 3.94. The number of ether oxygens (including phenoxy) is 1. The Kier molecular flexibility index (Phi) is 5.76. The molecule has 1 amide bonds. The van der Waals surface area contributed by atoms with Crippen LogP contribution in [0.3, 0.4) is 0 Å². The number of rotatable bonds is 5. The monoisotopic (exact) mass is 294 g/mol. The summed E-state index contributed by atoms with van der Waals surface area (Å²) in [6.07, 6.45) is 1.02. The van der Waals surface area contributed by atoms with Gasteiger partial charge in [-0.15, -0.1) is 0 Å². The fraction of sp³-hybridized carbons (Fsp3) is 0.733. The Labute approximate surface area is 126 Å². The number of carbonyl (C=O) groups is 1. The summed E-state index contributed by atoms with van der Waals surface area (Å²) in [5.74, 6) is 0.162. The lowest BCUT2D eigenvalue weighted by atomic mass is 10.3. The number of carbonyl (C=O) groups excluding carboxylic acids is 1. The minimum absolute atomic E-state index is 0.162. The van der Waals surface area contributed by atoms with Gasteiger partial charge in [0.15, 0.2) is 0 Å². The van der Waals surface area contributed by atoms with Gasteiger partial charge in [-0.25, -0.2) is 0 Å². The van der Waals surface area contributed by atoms with Crippen molar-refractivity contribution in [2.75, 3.05) is 46.4 Å². The summed E-state index contributed by atoms with van der Waals surface area (Å²) in [7, 11) is 1.72. The molecule has 0 N–H and O–H groups in total. The lowest BCUT2D eigenvalue weighted by molar-refractivity contribution is -0.131. The van der Waals surface area contributed by atoms with E-state index in [1.54, 1.807) is 11.8 Å². The van der Waals surface area contributed by atoms with Crippen LogP contribution in [0.25, 0.3) is 0 Å². The highest BCUT2D eigenvalue weighted by Crippen LogP contribution is 2.06. The number of hydrogen-bond donors (Lipinski definition) is 0. The molecule has 0 aromatic carbocycles. The predicted octanol–water partition coefficient (Wildman–Crippen LogP) is 0.681. The smallest absolute Gasteiger partial charge is 0.244 e. The van der Waals surface area contributed by atoms with Crippen molar-refractivity contribution >= 4 is 5.91 Å².